The third kappa shape index (κ3) is 4.06. The number of nitrogens with zero attached hydrogens (tertiary/aromatic N) is 4. The van der Waals surface area contributed by atoms with Gasteiger partial charge in [-0.25, -0.2) is 0 Å². The number of aliphatic imine (C=N–C) groups is 1. The second-order valence-electron chi connectivity index (χ2n) is 6.69. The zero-order valence-electron chi connectivity index (χ0n) is 17.6. The van der Waals surface area contributed by atoms with Gasteiger partial charge in [-0.2, -0.15) is 0 Å². The standard InChI is InChI=1S/C20H23ClN4.C2H6/c1-11(2)12(3)18-14(5)25-15(6)23-24-20(25)13(4)22-19(18)16-7-9-17(21)10-8-16;1-2/h7-10,13H,1-6H3;1-2H3. The highest BCUT2D eigenvalue weighted by atomic mass is 35.5. The number of rotatable bonds is 2. The van der Waals surface area contributed by atoms with Crippen molar-refractivity contribution < 1.29 is 0 Å². The number of hydrogen-bond donors (Lipinski definition) is 0. The number of aromatic nitrogens is 3. The van der Waals surface area contributed by atoms with E-state index in [1.54, 1.807) is 0 Å². The van der Waals surface area contributed by atoms with E-state index in [-0.39, 0.29) is 6.04 Å². The molecular formula is C22H29ClN4. The summed E-state index contributed by atoms with van der Waals surface area (Å²) in [5, 5.41) is 9.35. The molecule has 1 aliphatic rings. The van der Waals surface area contributed by atoms with Crippen LogP contribution in [0.5, 0.6) is 0 Å². The summed E-state index contributed by atoms with van der Waals surface area (Å²) < 4.78 is 2.12. The molecule has 0 saturated carbocycles. The van der Waals surface area contributed by atoms with E-state index in [1.807, 2.05) is 45.0 Å². The predicted octanol–water partition coefficient (Wildman–Crippen LogP) is 6.42. The lowest BCUT2D eigenvalue weighted by Crippen LogP contribution is -2.11. The Kier molecular flexibility index (Phi) is 6.77. The van der Waals surface area contributed by atoms with Crippen LogP contribution >= 0.6 is 11.6 Å². The first-order valence-electron chi connectivity index (χ1n) is 9.43. The average Bonchev–Trinajstić information content (AvgIpc) is 2.99. The highest BCUT2D eigenvalue weighted by Gasteiger charge is 2.26. The molecule has 0 spiro atoms. The zero-order chi connectivity index (χ0) is 20.3. The molecule has 1 aromatic heterocycles. The molecule has 1 unspecified atom stereocenters. The van der Waals surface area contributed by atoms with Gasteiger partial charge in [0.1, 0.15) is 11.9 Å². The maximum Gasteiger partial charge on any atom is 0.161 e. The Morgan fingerprint density at radius 3 is 2.15 bits per heavy atom. The van der Waals surface area contributed by atoms with Gasteiger partial charge < -0.3 is 0 Å². The third-order valence-electron chi connectivity index (χ3n) is 4.72. The fourth-order valence-corrected chi connectivity index (χ4v) is 3.31. The second-order valence-corrected chi connectivity index (χ2v) is 7.12. The highest BCUT2D eigenvalue weighted by Crippen LogP contribution is 2.33. The van der Waals surface area contributed by atoms with E-state index >= 15 is 0 Å². The predicted molar refractivity (Wildman–Crippen MR) is 115 cm³/mol. The number of hydrogen-bond acceptors (Lipinski definition) is 3. The molecule has 2 heterocycles. The highest BCUT2D eigenvalue weighted by molar-refractivity contribution is 6.30. The lowest BCUT2D eigenvalue weighted by molar-refractivity contribution is 0.723. The monoisotopic (exact) mass is 384 g/mol. The molecule has 0 fully saturated rings. The van der Waals surface area contributed by atoms with Crippen LogP contribution in [0.3, 0.4) is 0 Å². The number of aryl methyl sites for hydroxylation is 1. The summed E-state index contributed by atoms with van der Waals surface area (Å²) in [6, 6.07) is 7.79. The van der Waals surface area contributed by atoms with Crippen molar-refractivity contribution in [3.8, 4) is 0 Å². The van der Waals surface area contributed by atoms with Crippen LogP contribution in [0.1, 0.15) is 71.7 Å². The number of fused-ring (bicyclic) bond motifs is 1. The van der Waals surface area contributed by atoms with Crippen molar-refractivity contribution in [3.63, 3.8) is 0 Å². The van der Waals surface area contributed by atoms with Gasteiger partial charge in [0.25, 0.3) is 0 Å². The molecule has 1 aliphatic heterocycles. The number of allylic oxidation sites excluding steroid dienone is 4. The Morgan fingerprint density at radius 2 is 1.59 bits per heavy atom. The molecule has 0 bridgehead atoms. The van der Waals surface area contributed by atoms with Crippen LogP contribution in [0, 0.1) is 6.92 Å². The van der Waals surface area contributed by atoms with Gasteiger partial charge in [-0.3, -0.25) is 9.56 Å². The Labute approximate surface area is 167 Å². The Bertz CT molecular complexity index is 910. The molecule has 0 aliphatic carbocycles. The van der Waals surface area contributed by atoms with Gasteiger partial charge in [0.2, 0.25) is 0 Å². The van der Waals surface area contributed by atoms with E-state index in [0.717, 1.165) is 39.2 Å². The minimum absolute atomic E-state index is 0.0794. The van der Waals surface area contributed by atoms with Crippen LogP contribution in [-0.4, -0.2) is 20.5 Å². The van der Waals surface area contributed by atoms with Gasteiger partial charge in [-0.15, -0.1) is 10.2 Å². The average molecular weight is 385 g/mol. The van der Waals surface area contributed by atoms with Gasteiger partial charge in [0.05, 0.1) is 5.71 Å². The minimum atomic E-state index is -0.0794. The number of halogens is 1. The molecule has 4 nitrogen and oxygen atoms in total. The van der Waals surface area contributed by atoms with Crippen molar-refractivity contribution in [2.75, 3.05) is 0 Å². The smallest absolute Gasteiger partial charge is 0.161 e. The molecule has 1 atom stereocenters. The van der Waals surface area contributed by atoms with Crippen molar-refractivity contribution >= 4 is 23.0 Å². The van der Waals surface area contributed by atoms with Crippen molar-refractivity contribution in [1.29, 1.82) is 0 Å². The van der Waals surface area contributed by atoms with Crippen molar-refractivity contribution in [3.05, 3.63) is 63.2 Å². The molecule has 5 heteroatoms. The Morgan fingerprint density at radius 1 is 1.00 bits per heavy atom. The first-order valence-corrected chi connectivity index (χ1v) is 9.80. The quantitative estimate of drug-likeness (QED) is 0.599. The molecule has 0 radical (unpaired) electrons. The fourth-order valence-electron chi connectivity index (χ4n) is 3.19. The molecule has 2 aromatic rings. The van der Waals surface area contributed by atoms with Crippen molar-refractivity contribution in [2.24, 2.45) is 4.99 Å². The topological polar surface area (TPSA) is 43.1 Å². The van der Waals surface area contributed by atoms with E-state index < -0.39 is 0 Å². The van der Waals surface area contributed by atoms with Crippen LogP contribution in [0.25, 0.3) is 5.70 Å². The van der Waals surface area contributed by atoms with E-state index in [4.69, 9.17) is 16.6 Å². The first kappa shape index (κ1) is 21.1. The maximum atomic E-state index is 6.08. The summed E-state index contributed by atoms with van der Waals surface area (Å²) in [6.07, 6.45) is 0. The third-order valence-corrected chi connectivity index (χ3v) is 4.97. The molecule has 3 rings (SSSR count). The van der Waals surface area contributed by atoms with E-state index in [1.165, 1.54) is 11.1 Å². The molecule has 1 aromatic carbocycles. The van der Waals surface area contributed by atoms with E-state index in [2.05, 4.69) is 49.4 Å². The van der Waals surface area contributed by atoms with E-state index in [9.17, 15) is 0 Å². The Balaban J connectivity index is 0.00000126. The largest absolute Gasteiger partial charge is 0.285 e. The minimum Gasteiger partial charge on any atom is -0.285 e. The second kappa shape index (κ2) is 8.66. The number of benzene rings is 1. The lowest BCUT2D eigenvalue weighted by atomic mass is 9.92. The SMILES string of the molecule is CC.CC(C)=C(C)C1=C(C)n2c(C)nnc2C(C)N=C1c1ccc(Cl)cc1. The Hall–Kier alpha value is -2.20. The normalized spacial score (nSPS) is 16.0. The summed E-state index contributed by atoms with van der Waals surface area (Å²) in [5.41, 5.74) is 6.76. The van der Waals surface area contributed by atoms with E-state index in [0.29, 0.717) is 0 Å². The van der Waals surface area contributed by atoms with Crippen LogP contribution in [0.2, 0.25) is 5.02 Å². The maximum absolute atomic E-state index is 6.08. The van der Waals surface area contributed by atoms with Crippen molar-refractivity contribution in [1.82, 2.24) is 14.8 Å². The zero-order valence-corrected chi connectivity index (χ0v) is 18.3. The van der Waals surface area contributed by atoms with Crippen LogP contribution in [0.15, 0.2) is 46.0 Å². The summed E-state index contributed by atoms with van der Waals surface area (Å²) in [4.78, 5) is 5.02. The molecular weight excluding hydrogens is 356 g/mol. The molecule has 144 valence electrons. The molecule has 27 heavy (non-hydrogen) atoms. The summed E-state index contributed by atoms with van der Waals surface area (Å²) >= 11 is 6.08. The van der Waals surface area contributed by atoms with Crippen LogP contribution in [-0.2, 0) is 0 Å². The fraction of sp³-hybridized carbons (Fsp3) is 0.409. The van der Waals surface area contributed by atoms with Crippen molar-refractivity contribution in [2.45, 2.75) is 61.4 Å². The summed E-state index contributed by atoms with van der Waals surface area (Å²) in [7, 11) is 0. The molecule has 0 saturated heterocycles. The molecule has 0 N–H and O–H groups in total. The van der Waals surface area contributed by atoms with Crippen LogP contribution < -0.4 is 0 Å². The van der Waals surface area contributed by atoms with Crippen LogP contribution in [0.4, 0.5) is 0 Å². The van der Waals surface area contributed by atoms with Gasteiger partial charge in [-0.05, 0) is 59.2 Å². The first-order chi connectivity index (χ1) is 12.8. The lowest BCUT2D eigenvalue weighted by Gasteiger charge is -2.17. The molecule has 0 amide bonds. The van der Waals surface area contributed by atoms with Gasteiger partial charge >= 0.3 is 0 Å². The summed E-state index contributed by atoms with van der Waals surface area (Å²) in [5.74, 6) is 1.75. The summed E-state index contributed by atoms with van der Waals surface area (Å²) in [6.45, 7) is 16.6. The van der Waals surface area contributed by atoms with Gasteiger partial charge in [0, 0.05) is 21.9 Å². The van der Waals surface area contributed by atoms with Gasteiger partial charge in [0.15, 0.2) is 5.82 Å². The van der Waals surface area contributed by atoms with Gasteiger partial charge in [-0.1, -0.05) is 43.2 Å².